The Morgan fingerprint density at radius 1 is 0.250 bits per heavy atom. The van der Waals surface area contributed by atoms with Crippen molar-refractivity contribution < 1.29 is 17.1 Å². The van der Waals surface area contributed by atoms with Crippen molar-refractivity contribution in [2.45, 2.75) is 20.8 Å². The smallest absolute Gasteiger partial charge is 0.265 e. The van der Waals surface area contributed by atoms with Crippen molar-refractivity contribution >= 4 is 36.5 Å². The number of pyridine rings is 9. The number of aryl methyl sites for hydroxylation is 3. The zero-order valence-electron chi connectivity index (χ0n) is 35.7. The molecule has 0 bridgehead atoms. The maximum atomic E-state index is 4.40. The van der Waals surface area contributed by atoms with Crippen molar-refractivity contribution in [3.8, 4) is 34.2 Å². The van der Waals surface area contributed by atoms with Gasteiger partial charge in [-0.05, 0) is 180 Å². The SMILES string of the molecule is Cc1ccnc(-c2cc(C=Cc3ccncc3)ccn2)c1.Cc1ccnc(-c2cc(C=Cc3ccncc3)ccn2)c1.Cc1ccnc(-c2cc(C=Cc3ccncc3)ccn2)c1.[Fe+2]. The minimum absolute atomic E-state index is 0. The predicted molar refractivity (Wildman–Crippen MR) is 256 cm³/mol. The van der Waals surface area contributed by atoms with Crippen LogP contribution in [0.3, 0.4) is 0 Å². The average molecular weight is 876 g/mol. The van der Waals surface area contributed by atoms with Crippen LogP contribution in [0.2, 0.25) is 0 Å². The summed E-state index contributed by atoms with van der Waals surface area (Å²) in [6, 6.07) is 36.0. The summed E-state index contributed by atoms with van der Waals surface area (Å²) in [5.74, 6) is 0. The Morgan fingerprint density at radius 3 is 0.703 bits per heavy atom. The van der Waals surface area contributed by atoms with Crippen molar-refractivity contribution in [1.29, 1.82) is 0 Å². The minimum atomic E-state index is 0. The first kappa shape index (κ1) is 45.6. The molecule has 0 saturated heterocycles. The molecule has 0 aromatic carbocycles. The van der Waals surface area contributed by atoms with E-state index in [1.807, 2.05) is 146 Å². The molecule has 0 amide bonds. The van der Waals surface area contributed by atoms with Gasteiger partial charge in [-0.3, -0.25) is 44.9 Å². The number of hydrogen-bond acceptors (Lipinski definition) is 9. The van der Waals surface area contributed by atoms with E-state index < -0.39 is 0 Å². The molecule has 10 heteroatoms. The Morgan fingerprint density at radius 2 is 0.453 bits per heavy atom. The molecule has 0 aliphatic rings. The van der Waals surface area contributed by atoms with E-state index in [-0.39, 0.29) is 17.1 Å². The minimum Gasteiger partial charge on any atom is -0.265 e. The van der Waals surface area contributed by atoms with Gasteiger partial charge in [-0.2, -0.15) is 0 Å². The molecule has 0 N–H and O–H groups in total. The first-order valence-corrected chi connectivity index (χ1v) is 20.4. The number of rotatable bonds is 9. The molecule has 9 heterocycles. The van der Waals surface area contributed by atoms with E-state index in [2.05, 4.69) is 102 Å². The molecule has 9 nitrogen and oxygen atoms in total. The second kappa shape index (κ2) is 23.9. The first-order valence-electron chi connectivity index (χ1n) is 20.4. The number of nitrogens with zero attached hydrogens (tertiary/aromatic N) is 9. The molecule has 9 aromatic rings. The molecule has 0 unspecified atom stereocenters. The van der Waals surface area contributed by atoms with Crippen LogP contribution in [-0.4, -0.2) is 44.9 Å². The van der Waals surface area contributed by atoms with Crippen LogP contribution in [0.15, 0.2) is 184 Å². The third-order valence-corrected chi connectivity index (χ3v) is 9.41. The Balaban J connectivity index is 0.000000158. The summed E-state index contributed by atoms with van der Waals surface area (Å²) in [6.45, 7) is 6.16. The van der Waals surface area contributed by atoms with Gasteiger partial charge >= 0.3 is 17.1 Å². The van der Waals surface area contributed by atoms with Crippen molar-refractivity contribution in [2.75, 3.05) is 0 Å². The topological polar surface area (TPSA) is 116 Å². The van der Waals surface area contributed by atoms with Gasteiger partial charge < -0.3 is 0 Å². The third kappa shape index (κ3) is 14.3. The van der Waals surface area contributed by atoms with Gasteiger partial charge in [-0.25, -0.2) is 0 Å². The van der Waals surface area contributed by atoms with Gasteiger partial charge in [0.05, 0.1) is 34.2 Å². The van der Waals surface area contributed by atoms with E-state index in [1.54, 1.807) is 37.2 Å². The van der Waals surface area contributed by atoms with Crippen LogP contribution in [0.25, 0.3) is 70.6 Å². The summed E-state index contributed by atoms with van der Waals surface area (Å²) in [5.41, 5.74) is 15.5. The summed E-state index contributed by atoms with van der Waals surface area (Å²) in [4.78, 5) is 38.4. The van der Waals surface area contributed by atoms with E-state index in [9.17, 15) is 0 Å². The van der Waals surface area contributed by atoms with Crippen molar-refractivity contribution in [1.82, 2.24) is 44.9 Å². The summed E-state index contributed by atoms with van der Waals surface area (Å²) < 4.78 is 0. The molecule has 9 rings (SSSR count). The monoisotopic (exact) mass is 875 g/mol. The molecular formula is C54H45FeN9+2. The Hall–Kier alpha value is -7.91. The van der Waals surface area contributed by atoms with Gasteiger partial charge in [0, 0.05) is 74.4 Å². The molecule has 0 atom stereocenters. The fourth-order valence-electron chi connectivity index (χ4n) is 6.10. The van der Waals surface area contributed by atoms with Gasteiger partial charge in [-0.15, -0.1) is 0 Å². The van der Waals surface area contributed by atoms with Crippen LogP contribution in [0, 0.1) is 20.8 Å². The molecule has 0 fully saturated rings. The maximum absolute atomic E-state index is 4.40. The van der Waals surface area contributed by atoms with Crippen LogP contribution in [0.5, 0.6) is 0 Å². The van der Waals surface area contributed by atoms with Gasteiger partial charge in [0.25, 0.3) is 0 Å². The van der Waals surface area contributed by atoms with E-state index >= 15 is 0 Å². The molecule has 64 heavy (non-hydrogen) atoms. The van der Waals surface area contributed by atoms with Crippen molar-refractivity contribution in [2.24, 2.45) is 0 Å². The largest absolute Gasteiger partial charge is 2.00 e. The fraction of sp³-hybridized carbons (Fsp3) is 0.0556. The Bertz CT molecular complexity index is 2620. The Labute approximate surface area is 385 Å². The summed E-state index contributed by atoms with van der Waals surface area (Å²) >= 11 is 0. The second-order valence-electron chi connectivity index (χ2n) is 14.4. The van der Waals surface area contributed by atoms with Crippen LogP contribution in [0.1, 0.15) is 50.1 Å². The Kier molecular flexibility index (Phi) is 17.0. The molecule has 0 aliphatic carbocycles. The molecule has 0 radical (unpaired) electrons. The standard InChI is InChI=1S/3C18H15N3.Fe/c3*1-14-4-10-20-17(12-14)18-13-16(7-11-21-18)3-2-15-5-8-19-9-6-15;/h3*2-13H,1H3;/q;;;+2. The van der Waals surface area contributed by atoms with E-state index in [0.717, 1.165) is 67.5 Å². The van der Waals surface area contributed by atoms with Crippen molar-refractivity contribution in [3.05, 3.63) is 234 Å². The van der Waals surface area contributed by atoms with E-state index in [1.165, 1.54) is 16.7 Å². The van der Waals surface area contributed by atoms with Gasteiger partial charge in [0.2, 0.25) is 0 Å². The van der Waals surface area contributed by atoms with Crippen molar-refractivity contribution in [3.63, 3.8) is 0 Å². The first-order chi connectivity index (χ1) is 30.9. The normalized spacial score (nSPS) is 10.7. The fourth-order valence-corrected chi connectivity index (χ4v) is 6.10. The second-order valence-corrected chi connectivity index (χ2v) is 14.4. The molecule has 0 aliphatic heterocycles. The summed E-state index contributed by atoms with van der Waals surface area (Å²) in [6.07, 6.45) is 34.0. The van der Waals surface area contributed by atoms with Gasteiger partial charge in [-0.1, -0.05) is 36.5 Å². The van der Waals surface area contributed by atoms with E-state index in [4.69, 9.17) is 0 Å². The number of hydrogen-bond donors (Lipinski definition) is 0. The molecule has 0 spiro atoms. The number of aromatic nitrogens is 9. The zero-order chi connectivity index (χ0) is 43.5. The van der Waals surface area contributed by atoms with E-state index in [0.29, 0.717) is 0 Å². The average Bonchev–Trinajstić information content (AvgIpc) is 3.34. The van der Waals surface area contributed by atoms with Crippen LogP contribution in [-0.2, 0) is 17.1 Å². The summed E-state index contributed by atoms with van der Waals surface area (Å²) in [5, 5.41) is 0. The molecule has 312 valence electrons. The van der Waals surface area contributed by atoms with Crippen LogP contribution >= 0.6 is 0 Å². The van der Waals surface area contributed by atoms with Gasteiger partial charge in [0.15, 0.2) is 0 Å². The maximum Gasteiger partial charge on any atom is 2.00 e. The predicted octanol–water partition coefficient (Wildman–Crippen LogP) is 12.0. The molecule has 9 aromatic heterocycles. The third-order valence-electron chi connectivity index (χ3n) is 9.41. The van der Waals surface area contributed by atoms with Gasteiger partial charge in [0.1, 0.15) is 0 Å². The zero-order valence-corrected chi connectivity index (χ0v) is 36.8. The molecule has 0 saturated carbocycles. The van der Waals surface area contributed by atoms with Crippen LogP contribution in [0.4, 0.5) is 0 Å². The molecular weight excluding hydrogens is 831 g/mol. The van der Waals surface area contributed by atoms with Crippen LogP contribution < -0.4 is 0 Å². The quantitative estimate of drug-likeness (QED) is 0.131. The summed E-state index contributed by atoms with van der Waals surface area (Å²) in [7, 11) is 0.